The molecular formula is C40H37FN4O5. The normalized spacial score (nSPS) is 13.7. The molecule has 6 rings (SSSR count). The van der Waals surface area contributed by atoms with Gasteiger partial charge in [0, 0.05) is 67.0 Å². The number of methoxy groups -OCH3 is 2. The van der Waals surface area contributed by atoms with E-state index in [-0.39, 0.29) is 23.4 Å². The number of nitrogens with two attached hydrogens (primary N) is 1. The number of anilines is 1. The van der Waals surface area contributed by atoms with Crippen LogP contribution < -0.4 is 20.6 Å². The lowest BCUT2D eigenvalue weighted by molar-refractivity contribution is 0.0332. The van der Waals surface area contributed by atoms with Crippen molar-refractivity contribution in [3.05, 3.63) is 118 Å². The number of ketones is 1. The van der Waals surface area contributed by atoms with Crippen LogP contribution in [-0.4, -0.2) is 42.8 Å². The molecule has 0 bridgehead atoms. The van der Waals surface area contributed by atoms with Gasteiger partial charge in [0.2, 0.25) is 0 Å². The maximum absolute atomic E-state index is 15.8. The number of carbonyl (C=O) groups excluding carboxylic acids is 1. The summed E-state index contributed by atoms with van der Waals surface area (Å²) in [6.07, 6.45) is 5.71. The van der Waals surface area contributed by atoms with Crippen LogP contribution in [0.25, 0.3) is 33.4 Å². The second-order valence-corrected chi connectivity index (χ2v) is 12.6. The molecule has 254 valence electrons. The molecule has 9 nitrogen and oxygen atoms in total. The average molecular weight is 673 g/mol. The third-order valence-corrected chi connectivity index (χ3v) is 9.24. The molecule has 1 fully saturated rings. The second kappa shape index (κ2) is 14.4. The maximum atomic E-state index is 15.8. The number of pyridine rings is 2. The first-order valence-corrected chi connectivity index (χ1v) is 16.2. The van der Waals surface area contributed by atoms with Gasteiger partial charge in [0.15, 0.2) is 22.7 Å². The summed E-state index contributed by atoms with van der Waals surface area (Å²) < 4.78 is 33.8. The summed E-state index contributed by atoms with van der Waals surface area (Å²) in [5.74, 6) is 0.203. The average Bonchev–Trinajstić information content (AvgIpc) is 3.13. The topological polar surface area (TPSA) is 129 Å². The number of halogens is 1. The van der Waals surface area contributed by atoms with E-state index in [2.05, 4.69) is 11.1 Å². The molecule has 0 saturated carbocycles. The first-order chi connectivity index (χ1) is 24.1. The highest BCUT2D eigenvalue weighted by Gasteiger charge is 2.33. The molecule has 50 heavy (non-hydrogen) atoms. The molecule has 1 aliphatic rings. The van der Waals surface area contributed by atoms with Gasteiger partial charge in [-0.05, 0) is 60.7 Å². The van der Waals surface area contributed by atoms with Crippen molar-refractivity contribution in [2.45, 2.75) is 32.7 Å². The smallest absolute Gasteiger partial charge is 0.200 e. The monoisotopic (exact) mass is 672 g/mol. The van der Waals surface area contributed by atoms with Crippen LogP contribution in [0.3, 0.4) is 0 Å². The summed E-state index contributed by atoms with van der Waals surface area (Å²) in [6.45, 7) is 3.18. The molecule has 10 heteroatoms. The van der Waals surface area contributed by atoms with Gasteiger partial charge in [0.25, 0.3) is 0 Å². The minimum atomic E-state index is -0.690. The molecule has 2 aromatic heterocycles. The number of Topliss-reactive ketones (excluding diaryl/α,β-unsaturated/α-hetero) is 1. The third-order valence-electron chi connectivity index (χ3n) is 9.24. The number of hydrogen-bond donors (Lipinski definition) is 1. The zero-order valence-corrected chi connectivity index (χ0v) is 28.2. The van der Waals surface area contributed by atoms with Crippen molar-refractivity contribution in [3.63, 3.8) is 0 Å². The molecule has 0 spiro atoms. The molecule has 0 radical (unpaired) electrons. The van der Waals surface area contributed by atoms with E-state index < -0.39 is 22.4 Å². The number of aryl methyl sites for hydroxylation is 1. The Bertz CT molecular complexity index is 2170. The van der Waals surface area contributed by atoms with Gasteiger partial charge >= 0.3 is 0 Å². The van der Waals surface area contributed by atoms with Crippen LogP contribution in [-0.2, 0) is 17.7 Å². The minimum absolute atomic E-state index is 0.0243. The molecule has 0 amide bonds. The number of carbonyl (C=O) groups is 1. The highest BCUT2D eigenvalue weighted by Crippen LogP contribution is 2.36. The van der Waals surface area contributed by atoms with Crippen molar-refractivity contribution in [2.75, 3.05) is 33.2 Å². The lowest BCUT2D eigenvalue weighted by Crippen LogP contribution is -2.33. The Morgan fingerprint density at radius 3 is 2.34 bits per heavy atom. The minimum Gasteiger partial charge on any atom is -0.493 e. The Labute approximate surface area is 289 Å². The number of aromatic nitrogens is 2. The first kappa shape index (κ1) is 34.1. The van der Waals surface area contributed by atoms with E-state index in [4.69, 9.17) is 19.9 Å². The molecule has 2 N–H and O–H groups in total. The van der Waals surface area contributed by atoms with Gasteiger partial charge < -0.3 is 24.5 Å². The SMILES string of the molecule is COc1ccc(-c2cnc(N)c(-c3ccc(CC(=O)c4cn(CC5(C#N)CCOCC5)cc(-c5ccc(C)cc5)c4=O)cc3F)c2)cc1OC. The Balaban J connectivity index is 1.31. The molecule has 1 saturated heterocycles. The number of nitrogen functional groups attached to an aromatic ring is 1. The van der Waals surface area contributed by atoms with E-state index in [0.29, 0.717) is 71.9 Å². The quantitative estimate of drug-likeness (QED) is 0.157. The van der Waals surface area contributed by atoms with E-state index in [9.17, 15) is 14.9 Å². The summed E-state index contributed by atoms with van der Waals surface area (Å²) >= 11 is 0. The molecule has 3 heterocycles. The lowest BCUT2D eigenvalue weighted by atomic mass is 9.81. The summed E-state index contributed by atoms with van der Waals surface area (Å²) in [4.78, 5) is 31.9. The van der Waals surface area contributed by atoms with Crippen molar-refractivity contribution in [2.24, 2.45) is 5.41 Å². The van der Waals surface area contributed by atoms with Crippen LogP contribution in [0.2, 0.25) is 0 Å². The van der Waals surface area contributed by atoms with E-state index in [1.54, 1.807) is 61.5 Å². The van der Waals surface area contributed by atoms with Gasteiger partial charge in [-0.15, -0.1) is 0 Å². The van der Waals surface area contributed by atoms with Crippen LogP contribution in [0.1, 0.15) is 34.3 Å². The standard InChI is InChI=1S/C40H37FN4O5/c1-25-4-7-27(8-5-25)32-21-45(24-40(23-42)12-14-50-15-13-40)22-33(38(32)47)35(46)17-26-6-10-30(34(41)16-26)31-18-29(20-44-39(31)43)28-9-11-36(48-2)37(19-28)49-3/h4-11,16,18-22H,12-15,17,24H2,1-3H3,(H2,43,44). The Morgan fingerprint density at radius 1 is 0.940 bits per heavy atom. The number of nitrogens with zero attached hydrogens (tertiary/aromatic N) is 3. The van der Waals surface area contributed by atoms with Gasteiger partial charge in [0.1, 0.15) is 11.6 Å². The number of hydrogen-bond acceptors (Lipinski definition) is 8. The van der Waals surface area contributed by atoms with E-state index in [1.165, 1.54) is 12.3 Å². The molecular weight excluding hydrogens is 635 g/mol. The fraction of sp³-hybridized carbons (Fsp3) is 0.250. The van der Waals surface area contributed by atoms with Crippen molar-refractivity contribution in [3.8, 4) is 50.9 Å². The zero-order valence-electron chi connectivity index (χ0n) is 28.2. The highest BCUT2D eigenvalue weighted by molar-refractivity contribution is 5.98. The van der Waals surface area contributed by atoms with Crippen molar-refractivity contribution in [1.82, 2.24) is 9.55 Å². The van der Waals surface area contributed by atoms with Gasteiger partial charge in [-0.1, -0.05) is 48.0 Å². The van der Waals surface area contributed by atoms with E-state index in [1.807, 2.05) is 37.3 Å². The van der Waals surface area contributed by atoms with Gasteiger partial charge in [-0.2, -0.15) is 5.26 Å². The lowest BCUT2D eigenvalue weighted by Gasteiger charge is -2.31. The predicted octanol–water partition coefficient (Wildman–Crippen LogP) is 7.04. The van der Waals surface area contributed by atoms with Gasteiger partial charge in [-0.3, -0.25) is 9.59 Å². The van der Waals surface area contributed by atoms with Crippen LogP contribution in [0, 0.1) is 29.5 Å². The van der Waals surface area contributed by atoms with Crippen LogP contribution in [0.4, 0.5) is 10.2 Å². The summed E-state index contributed by atoms with van der Waals surface area (Å²) in [5.41, 5.74) is 9.59. The molecule has 0 aliphatic carbocycles. The molecule has 0 atom stereocenters. The van der Waals surface area contributed by atoms with Gasteiger partial charge in [-0.25, -0.2) is 9.37 Å². The number of benzene rings is 3. The summed E-state index contributed by atoms with van der Waals surface area (Å²) in [6, 6.07) is 21.6. The van der Waals surface area contributed by atoms with Crippen LogP contribution in [0.15, 0.2) is 90.1 Å². The molecule has 1 aliphatic heterocycles. The Kier molecular flexibility index (Phi) is 9.79. The molecule has 5 aromatic rings. The largest absolute Gasteiger partial charge is 0.493 e. The van der Waals surface area contributed by atoms with Crippen molar-refractivity contribution in [1.29, 1.82) is 5.26 Å². The summed E-state index contributed by atoms with van der Waals surface area (Å²) in [7, 11) is 3.10. The van der Waals surface area contributed by atoms with Crippen molar-refractivity contribution >= 4 is 11.6 Å². The van der Waals surface area contributed by atoms with Crippen molar-refractivity contribution < 1.29 is 23.4 Å². The van der Waals surface area contributed by atoms with Crippen LogP contribution >= 0.6 is 0 Å². The number of rotatable bonds is 10. The van der Waals surface area contributed by atoms with Crippen LogP contribution in [0.5, 0.6) is 11.5 Å². The molecule has 0 unspecified atom stereocenters. The Hall–Kier alpha value is -5.79. The maximum Gasteiger partial charge on any atom is 0.200 e. The number of nitriles is 1. The number of ether oxygens (including phenoxy) is 3. The predicted molar refractivity (Wildman–Crippen MR) is 190 cm³/mol. The highest BCUT2D eigenvalue weighted by atomic mass is 19.1. The second-order valence-electron chi connectivity index (χ2n) is 12.6. The van der Waals surface area contributed by atoms with E-state index in [0.717, 1.165) is 11.1 Å². The third kappa shape index (κ3) is 7.00. The zero-order chi connectivity index (χ0) is 35.4. The van der Waals surface area contributed by atoms with Gasteiger partial charge in [0.05, 0.1) is 31.3 Å². The fourth-order valence-corrected chi connectivity index (χ4v) is 6.31. The first-order valence-electron chi connectivity index (χ1n) is 16.2. The summed E-state index contributed by atoms with van der Waals surface area (Å²) in [5, 5.41) is 10.1. The Morgan fingerprint density at radius 2 is 1.66 bits per heavy atom. The van der Waals surface area contributed by atoms with E-state index >= 15 is 4.39 Å². The fourth-order valence-electron chi connectivity index (χ4n) is 6.31. The molecule has 3 aromatic carbocycles.